The lowest BCUT2D eigenvalue weighted by molar-refractivity contribution is -0.117. The molecule has 122 valence electrons. The Morgan fingerprint density at radius 2 is 1.83 bits per heavy atom. The van der Waals surface area contributed by atoms with Gasteiger partial charge in [-0.2, -0.15) is 0 Å². The highest BCUT2D eigenvalue weighted by Gasteiger charge is 2.28. The molecule has 0 aliphatic heterocycles. The molecule has 1 atom stereocenters. The molecule has 0 saturated heterocycles. The summed E-state index contributed by atoms with van der Waals surface area (Å²) < 4.78 is 1.06. The van der Waals surface area contributed by atoms with Crippen LogP contribution in [0.2, 0.25) is 0 Å². The molecular weight excluding hydrogens is 362 g/mol. The number of halogens is 1. The van der Waals surface area contributed by atoms with Crippen LogP contribution in [0.25, 0.3) is 6.08 Å². The highest BCUT2D eigenvalue weighted by atomic mass is 79.9. The average Bonchev–Trinajstić information content (AvgIpc) is 2.96. The first-order chi connectivity index (χ1) is 11.7. The third kappa shape index (κ3) is 4.45. The van der Waals surface area contributed by atoms with Gasteiger partial charge in [-0.15, -0.1) is 0 Å². The van der Waals surface area contributed by atoms with Crippen molar-refractivity contribution in [3.05, 3.63) is 82.4 Å². The number of rotatable bonds is 5. The predicted octanol–water partition coefficient (Wildman–Crippen LogP) is 5.48. The van der Waals surface area contributed by atoms with Crippen LogP contribution in [0.3, 0.4) is 0 Å². The zero-order valence-corrected chi connectivity index (χ0v) is 15.0. The Labute approximate surface area is 151 Å². The van der Waals surface area contributed by atoms with Gasteiger partial charge in [-0.1, -0.05) is 64.5 Å². The Balaban J connectivity index is 1.55. The number of hydrogen-bond acceptors (Lipinski definition) is 2. The van der Waals surface area contributed by atoms with Gasteiger partial charge in [-0.05, 0) is 48.2 Å². The van der Waals surface area contributed by atoms with E-state index in [1.54, 1.807) is 0 Å². The molecule has 0 spiro atoms. The van der Waals surface area contributed by atoms with Crippen LogP contribution in [0.1, 0.15) is 18.4 Å². The molecular formula is C21H20BrNO. The fraction of sp³-hybridized carbons (Fsp3) is 0.190. The second-order valence-electron chi connectivity index (χ2n) is 5.95. The van der Waals surface area contributed by atoms with E-state index < -0.39 is 0 Å². The highest BCUT2D eigenvalue weighted by Crippen LogP contribution is 2.27. The first-order valence-corrected chi connectivity index (χ1v) is 8.97. The summed E-state index contributed by atoms with van der Waals surface area (Å²) in [5, 5.41) is 3.36. The van der Waals surface area contributed by atoms with Crippen LogP contribution in [-0.2, 0) is 4.79 Å². The van der Waals surface area contributed by atoms with Crippen LogP contribution in [0.4, 0.5) is 5.69 Å². The standard InChI is InChI=1S/C21H20BrNO/c22-19-11-13-20(14-12-19)23-15-18-10-9-17(21(18)24)8-4-7-16-5-2-1-3-6-16/h1-8,11-14,18,23H,9-10,15H2. The number of hydrogen-bond donors (Lipinski definition) is 1. The Morgan fingerprint density at radius 1 is 1.08 bits per heavy atom. The second kappa shape index (κ2) is 8.11. The van der Waals surface area contributed by atoms with Crippen LogP contribution >= 0.6 is 15.9 Å². The lowest BCUT2D eigenvalue weighted by Gasteiger charge is -2.10. The van der Waals surface area contributed by atoms with E-state index in [0.29, 0.717) is 6.54 Å². The molecule has 1 aliphatic carbocycles. The molecule has 1 unspecified atom stereocenters. The topological polar surface area (TPSA) is 29.1 Å². The molecule has 1 aliphatic rings. The summed E-state index contributed by atoms with van der Waals surface area (Å²) in [5.74, 6) is 0.349. The molecule has 0 heterocycles. The lowest BCUT2D eigenvalue weighted by Crippen LogP contribution is -2.18. The van der Waals surface area contributed by atoms with Gasteiger partial charge in [0.05, 0.1) is 0 Å². The Morgan fingerprint density at radius 3 is 2.58 bits per heavy atom. The van der Waals surface area contributed by atoms with Crippen molar-refractivity contribution >= 4 is 33.5 Å². The molecule has 2 nitrogen and oxygen atoms in total. The molecule has 3 heteroatoms. The maximum atomic E-state index is 12.5. The highest BCUT2D eigenvalue weighted by molar-refractivity contribution is 9.10. The second-order valence-corrected chi connectivity index (χ2v) is 6.87. The van der Waals surface area contributed by atoms with Crippen LogP contribution in [0.15, 0.2) is 76.8 Å². The minimum Gasteiger partial charge on any atom is -0.384 e. The fourth-order valence-electron chi connectivity index (χ4n) is 2.85. The summed E-state index contributed by atoms with van der Waals surface area (Å²) in [7, 11) is 0. The number of benzene rings is 2. The van der Waals surface area contributed by atoms with Gasteiger partial charge in [0.2, 0.25) is 0 Å². The minimum absolute atomic E-state index is 0.0741. The summed E-state index contributed by atoms with van der Waals surface area (Å²) >= 11 is 3.43. The summed E-state index contributed by atoms with van der Waals surface area (Å²) in [6.45, 7) is 0.695. The minimum atomic E-state index is 0.0741. The average molecular weight is 382 g/mol. The van der Waals surface area contributed by atoms with Gasteiger partial charge < -0.3 is 5.32 Å². The monoisotopic (exact) mass is 381 g/mol. The van der Waals surface area contributed by atoms with E-state index in [-0.39, 0.29) is 11.7 Å². The zero-order chi connectivity index (χ0) is 16.8. The normalized spacial score (nSPS) is 19.3. The Hall–Kier alpha value is -2.13. The molecule has 0 amide bonds. The predicted molar refractivity (Wildman–Crippen MR) is 104 cm³/mol. The van der Waals surface area contributed by atoms with E-state index in [4.69, 9.17) is 0 Å². The van der Waals surface area contributed by atoms with Gasteiger partial charge in [0.1, 0.15) is 0 Å². The number of Topliss-reactive ketones (excluding diaryl/α,β-unsaturated/α-hetero) is 1. The van der Waals surface area contributed by atoms with Crippen molar-refractivity contribution in [3.8, 4) is 0 Å². The molecule has 24 heavy (non-hydrogen) atoms. The van der Waals surface area contributed by atoms with E-state index >= 15 is 0 Å². The largest absolute Gasteiger partial charge is 0.384 e. The fourth-order valence-corrected chi connectivity index (χ4v) is 3.12. The molecule has 0 aromatic heterocycles. The van der Waals surface area contributed by atoms with E-state index in [1.165, 1.54) is 0 Å². The van der Waals surface area contributed by atoms with Gasteiger partial charge in [0, 0.05) is 22.6 Å². The molecule has 1 fully saturated rings. The maximum Gasteiger partial charge on any atom is 0.163 e. The molecule has 2 aromatic carbocycles. The third-order valence-corrected chi connectivity index (χ3v) is 4.76. The Kier molecular flexibility index (Phi) is 5.65. The van der Waals surface area contributed by atoms with Crippen LogP contribution in [-0.4, -0.2) is 12.3 Å². The van der Waals surface area contributed by atoms with Gasteiger partial charge in [-0.25, -0.2) is 0 Å². The molecule has 1 N–H and O–H groups in total. The SMILES string of the molecule is O=C1C(=CC=Cc2ccccc2)CCC1CNc1ccc(Br)cc1. The number of anilines is 1. The van der Waals surface area contributed by atoms with E-state index in [2.05, 4.69) is 33.4 Å². The van der Waals surface area contributed by atoms with Crippen LogP contribution in [0, 0.1) is 5.92 Å². The summed E-state index contributed by atoms with van der Waals surface area (Å²) in [6.07, 6.45) is 7.77. The summed E-state index contributed by atoms with van der Waals surface area (Å²) in [6, 6.07) is 18.2. The zero-order valence-electron chi connectivity index (χ0n) is 13.4. The summed E-state index contributed by atoms with van der Waals surface area (Å²) in [5.41, 5.74) is 3.13. The maximum absolute atomic E-state index is 12.5. The first kappa shape index (κ1) is 16.7. The van der Waals surface area contributed by atoms with E-state index in [1.807, 2.05) is 60.7 Å². The number of ketones is 1. The van der Waals surface area contributed by atoms with Gasteiger partial charge in [0.15, 0.2) is 5.78 Å². The molecule has 0 radical (unpaired) electrons. The lowest BCUT2D eigenvalue weighted by atomic mass is 10.1. The van der Waals surface area contributed by atoms with E-state index in [0.717, 1.165) is 34.1 Å². The summed E-state index contributed by atoms with van der Waals surface area (Å²) in [4.78, 5) is 12.5. The first-order valence-electron chi connectivity index (χ1n) is 8.18. The van der Waals surface area contributed by atoms with Gasteiger partial charge in [0.25, 0.3) is 0 Å². The van der Waals surface area contributed by atoms with Gasteiger partial charge in [-0.3, -0.25) is 4.79 Å². The van der Waals surface area contributed by atoms with Crippen molar-refractivity contribution in [3.63, 3.8) is 0 Å². The molecule has 3 rings (SSSR count). The molecule has 2 aromatic rings. The third-order valence-electron chi connectivity index (χ3n) is 4.23. The van der Waals surface area contributed by atoms with Crippen molar-refractivity contribution < 1.29 is 4.79 Å². The Bertz CT molecular complexity index is 747. The van der Waals surface area contributed by atoms with Crippen molar-refractivity contribution in [2.45, 2.75) is 12.8 Å². The van der Waals surface area contributed by atoms with E-state index in [9.17, 15) is 4.79 Å². The number of carbonyl (C=O) groups excluding carboxylic acids is 1. The van der Waals surface area contributed by atoms with Crippen molar-refractivity contribution in [2.75, 3.05) is 11.9 Å². The van der Waals surface area contributed by atoms with Crippen molar-refractivity contribution in [1.29, 1.82) is 0 Å². The van der Waals surface area contributed by atoms with Crippen molar-refractivity contribution in [1.82, 2.24) is 0 Å². The van der Waals surface area contributed by atoms with Crippen molar-refractivity contribution in [2.24, 2.45) is 5.92 Å². The smallest absolute Gasteiger partial charge is 0.163 e. The van der Waals surface area contributed by atoms with Crippen LogP contribution in [0.5, 0.6) is 0 Å². The molecule has 1 saturated carbocycles. The van der Waals surface area contributed by atoms with Crippen LogP contribution < -0.4 is 5.32 Å². The van der Waals surface area contributed by atoms with Gasteiger partial charge >= 0.3 is 0 Å². The number of allylic oxidation sites excluding steroid dienone is 3. The number of nitrogens with one attached hydrogen (secondary N) is 1. The number of carbonyl (C=O) groups is 1. The quantitative estimate of drug-likeness (QED) is 0.694. The molecule has 0 bridgehead atoms.